The van der Waals surface area contributed by atoms with Gasteiger partial charge in [0, 0.05) is 30.9 Å². The lowest BCUT2D eigenvalue weighted by atomic mass is 10.1. The van der Waals surface area contributed by atoms with Gasteiger partial charge in [-0.05, 0) is 43.3 Å². The fourth-order valence-electron chi connectivity index (χ4n) is 3.26. The SMILES string of the molecule is Cn1nc(/C=C2\C(=O)Nc3ccc(F)cc32)cc1C(=O)N[C@H]1CCNC1. The molecule has 3 heterocycles. The average Bonchev–Trinajstić information content (AvgIpc) is 3.29. The zero-order chi connectivity index (χ0) is 18.3. The van der Waals surface area contributed by atoms with Crippen molar-refractivity contribution in [2.24, 2.45) is 7.05 Å². The Balaban J connectivity index is 1.61. The minimum Gasteiger partial charge on any atom is -0.347 e. The van der Waals surface area contributed by atoms with Crippen LogP contribution in [0.15, 0.2) is 24.3 Å². The van der Waals surface area contributed by atoms with E-state index in [1.807, 2.05) is 0 Å². The highest BCUT2D eigenvalue weighted by molar-refractivity contribution is 6.34. The van der Waals surface area contributed by atoms with Crippen LogP contribution in [0.3, 0.4) is 0 Å². The molecule has 0 saturated carbocycles. The Labute approximate surface area is 149 Å². The minimum atomic E-state index is -0.419. The molecule has 0 bridgehead atoms. The fourth-order valence-corrected chi connectivity index (χ4v) is 3.26. The maximum atomic E-state index is 13.5. The Morgan fingerprint density at radius 2 is 2.27 bits per heavy atom. The van der Waals surface area contributed by atoms with E-state index < -0.39 is 5.82 Å². The summed E-state index contributed by atoms with van der Waals surface area (Å²) >= 11 is 0. The number of nitrogens with zero attached hydrogens (tertiary/aromatic N) is 2. The molecule has 3 N–H and O–H groups in total. The number of rotatable bonds is 3. The molecular formula is C18H18FN5O2. The summed E-state index contributed by atoms with van der Waals surface area (Å²) in [7, 11) is 1.67. The van der Waals surface area contributed by atoms with Crippen molar-refractivity contribution in [3.8, 4) is 0 Å². The van der Waals surface area contributed by atoms with Crippen molar-refractivity contribution in [3.05, 3.63) is 47.0 Å². The smallest absolute Gasteiger partial charge is 0.269 e. The summed E-state index contributed by atoms with van der Waals surface area (Å²) in [6, 6.07) is 5.85. The first kappa shape index (κ1) is 16.5. The van der Waals surface area contributed by atoms with E-state index in [-0.39, 0.29) is 17.9 Å². The van der Waals surface area contributed by atoms with E-state index in [0.717, 1.165) is 19.5 Å². The number of amides is 2. The van der Waals surface area contributed by atoms with Crippen molar-refractivity contribution in [1.82, 2.24) is 20.4 Å². The van der Waals surface area contributed by atoms with E-state index in [1.54, 1.807) is 19.2 Å². The predicted molar refractivity (Wildman–Crippen MR) is 94.8 cm³/mol. The van der Waals surface area contributed by atoms with Crippen LogP contribution in [-0.2, 0) is 11.8 Å². The van der Waals surface area contributed by atoms with Crippen LogP contribution in [0.1, 0.15) is 28.2 Å². The van der Waals surface area contributed by atoms with Crippen molar-refractivity contribution < 1.29 is 14.0 Å². The first-order valence-electron chi connectivity index (χ1n) is 8.40. The molecule has 1 fully saturated rings. The van der Waals surface area contributed by atoms with Crippen molar-refractivity contribution in [1.29, 1.82) is 0 Å². The molecular weight excluding hydrogens is 337 g/mol. The molecule has 0 spiro atoms. The molecule has 2 amide bonds. The van der Waals surface area contributed by atoms with Gasteiger partial charge in [0.25, 0.3) is 11.8 Å². The highest BCUT2D eigenvalue weighted by Gasteiger charge is 2.25. The van der Waals surface area contributed by atoms with Crippen molar-refractivity contribution >= 4 is 29.2 Å². The summed E-state index contributed by atoms with van der Waals surface area (Å²) in [6.07, 6.45) is 2.46. The number of benzene rings is 1. The van der Waals surface area contributed by atoms with Gasteiger partial charge in [0.2, 0.25) is 0 Å². The zero-order valence-electron chi connectivity index (χ0n) is 14.2. The van der Waals surface area contributed by atoms with E-state index in [0.29, 0.717) is 28.2 Å². The van der Waals surface area contributed by atoms with Crippen LogP contribution in [0, 0.1) is 5.82 Å². The van der Waals surface area contributed by atoms with Crippen LogP contribution in [0.2, 0.25) is 0 Å². The molecule has 0 unspecified atom stereocenters. The average molecular weight is 355 g/mol. The van der Waals surface area contributed by atoms with Gasteiger partial charge in [-0.1, -0.05) is 0 Å². The Morgan fingerprint density at radius 1 is 1.42 bits per heavy atom. The lowest BCUT2D eigenvalue weighted by Gasteiger charge is -2.10. The van der Waals surface area contributed by atoms with E-state index in [4.69, 9.17) is 0 Å². The molecule has 4 rings (SSSR count). The number of aryl methyl sites for hydroxylation is 1. The summed E-state index contributed by atoms with van der Waals surface area (Å²) in [5.41, 5.74) is 2.24. The van der Waals surface area contributed by atoms with E-state index in [2.05, 4.69) is 21.0 Å². The molecule has 2 aromatic rings. The maximum absolute atomic E-state index is 13.5. The largest absolute Gasteiger partial charge is 0.347 e. The molecule has 1 atom stereocenters. The summed E-state index contributed by atoms with van der Waals surface area (Å²) in [4.78, 5) is 24.6. The molecule has 134 valence electrons. The number of fused-ring (bicyclic) bond motifs is 1. The normalized spacial score (nSPS) is 20.3. The van der Waals surface area contributed by atoms with Crippen LogP contribution in [-0.4, -0.2) is 40.7 Å². The monoisotopic (exact) mass is 355 g/mol. The molecule has 7 nitrogen and oxygen atoms in total. The third kappa shape index (κ3) is 2.99. The standard InChI is InChI=1S/C18H18FN5O2/c1-24-16(18(26)21-11-4-5-20-9-11)8-12(23-24)7-14-13-6-10(19)2-3-15(13)22-17(14)25/h2-3,6-8,11,20H,4-5,9H2,1H3,(H,21,26)(H,22,25)/b14-7-/t11-/m0/s1. The van der Waals surface area contributed by atoms with Gasteiger partial charge in [0.1, 0.15) is 11.5 Å². The lowest BCUT2D eigenvalue weighted by Crippen LogP contribution is -2.37. The van der Waals surface area contributed by atoms with Crippen LogP contribution in [0.4, 0.5) is 10.1 Å². The molecule has 0 radical (unpaired) electrons. The highest BCUT2D eigenvalue weighted by atomic mass is 19.1. The van der Waals surface area contributed by atoms with Gasteiger partial charge < -0.3 is 16.0 Å². The summed E-state index contributed by atoms with van der Waals surface area (Å²) < 4.78 is 15.0. The van der Waals surface area contributed by atoms with Crippen LogP contribution < -0.4 is 16.0 Å². The topological polar surface area (TPSA) is 88.0 Å². The molecule has 1 aromatic heterocycles. The first-order valence-corrected chi connectivity index (χ1v) is 8.40. The van der Waals surface area contributed by atoms with Gasteiger partial charge in [-0.2, -0.15) is 5.10 Å². The quantitative estimate of drug-likeness (QED) is 0.721. The summed E-state index contributed by atoms with van der Waals surface area (Å²) in [5.74, 6) is -0.947. The van der Waals surface area contributed by atoms with Gasteiger partial charge in [-0.3, -0.25) is 14.3 Å². The zero-order valence-corrected chi connectivity index (χ0v) is 14.2. The third-order valence-electron chi connectivity index (χ3n) is 4.58. The van der Waals surface area contributed by atoms with Gasteiger partial charge in [0.05, 0.1) is 11.3 Å². The molecule has 0 aliphatic carbocycles. The second kappa shape index (κ2) is 6.38. The molecule has 8 heteroatoms. The van der Waals surface area contributed by atoms with Gasteiger partial charge in [0.15, 0.2) is 0 Å². The third-order valence-corrected chi connectivity index (χ3v) is 4.58. The van der Waals surface area contributed by atoms with Gasteiger partial charge in [-0.15, -0.1) is 0 Å². The maximum Gasteiger partial charge on any atom is 0.269 e. The second-order valence-corrected chi connectivity index (χ2v) is 6.44. The molecule has 2 aliphatic heterocycles. The molecule has 1 saturated heterocycles. The number of nitrogens with one attached hydrogen (secondary N) is 3. The first-order chi connectivity index (χ1) is 12.5. The number of carbonyl (C=O) groups is 2. The number of hydrogen-bond donors (Lipinski definition) is 3. The number of carbonyl (C=O) groups excluding carboxylic acids is 2. The van der Waals surface area contributed by atoms with E-state index in [1.165, 1.54) is 22.9 Å². The van der Waals surface area contributed by atoms with Gasteiger partial charge >= 0.3 is 0 Å². The Hall–Kier alpha value is -3.00. The van der Waals surface area contributed by atoms with Gasteiger partial charge in [-0.25, -0.2) is 4.39 Å². The van der Waals surface area contributed by atoms with E-state index >= 15 is 0 Å². The van der Waals surface area contributed by atoms with Crippen molar-refractivity contribution in [2.75, 3.05) is 18.4 Å². The molecule has 26 heavy (non-hydrogen) atoms. The number of halogens is 1. The fraction of sp³-hybridized carbons (Fsp3) is 0.278. The highest BCUT2D eigenvalue weighted by Crippen LogP contribution is 2.33. The van der Waals surface area contributed by atoms with Crippen molar-refractivity contribution in [2.45, 2.75) is 12.5 Å². The van der Waals surface area contributed by atoms with Crippen LogP contribution in [0.5, 0.6) is 0 Å². The Morgan fingerprint density at radius 3 is 3.04 bits per heavy atom. The number of anilines is 1. The predicted octanol–water partition coefficient (Wildman–Crippen LogP) is 1.14. The minimum absolute atomic E-state index is 0.106. The van der Waals surface area contributed by atoms with Crippen LogP contribution >= 0.6 is 0 Å². The summed E-state index contributed by atoms with van der Waals surface area (Å²) in [5, 5.41) is 13.1. The number of aromatic nitrogens is 2. The molecule has 1 aromatic carbocycles. The molecule has 2 aliphatic rings. The van der Waals surface area contributed by atoms with Crippen LogP contribution in [0.25, 0.3) is 11.6 Å². The Bertz CT molecular complexity index is 928. The second-order valence-electron chi connectivity index (χ2n) is 6.44. The summed E-state index contributed by atoms with van der Waals surface area (Å²) in [6.45, 7) is 1.64. The lowest BCUT2D eigenvalue weighted by molar-refractivity contribution is -0.110. The number of hydrogen-bond acceptors (Lipinski definition) is 4. The van der Waals surface area contributed by atoms with E-state index in [9.17, 15) is 14.0 Å². The van der Waals surface area contributed by atoms with Crippen molar-refractivity contribution in [3.63, 3.8) is 0 Å². The Kier molecular flexibility index (Phi) is 4.04.